The Morgan fingerprint density at radius 3 is 2.20 bits per heavy atom. The molecule has 0 aromatic rings. The molecule has 0 aliphatic rings. The molecule has 2 nitrogen and oxygen atoms in total. The predicted octanol–water partition coefficient (Wildman–Crippen LogP) is 0.310. The number of aliphatic carboxylic acids is 1. The van der Waals surface area contributed by atoms with Gasteiger partial charge in [-0.1, -0.05) is 0 Å². The van der Waals surface area contributed by atoms with Gasteiger partial charge in [-0.2, -0.15) is 0 Å². The normalized spacial score (nSPS) is 7.40. The van der Waals surface area contributed by atoms with Crippen molar-refractivity contribution in [3.05, 3.63) is 0 Å². The van der Waals surface area contributed by atoms with Crippen LogP contribution < -0.4 is 0 Å². The summed E-state index contributed by atoms with van der Waals surface area (Å²) in [7, 11) is 0. The molecule has 0 aromatic carbocycles. The van der Waals surface area contributed by atoms with Gasteiger partial charge in [-0.25, -0.2) is 0 Å². The fraction of sp³-hybridized carbons (Fsp3) is 0.500. The molecule has 0 aliphatic carbocycles. The molecule has 0 bridgehead atoms. The first-order valence-corrected chi connectivity index (χ1v) is 1.58. The summed E-state index contributed by atoms with van der Waals surface area (Å²) < 4.78 is 0. The van der Waals surface area contributed by atoms with Crippen LogP contribution in [0, 0.1) is 0 Å². The van der Waals surface area contributed by atoms with E-state index in [0.717, 1.165) is 0 Å². The Balaban J connectivity index is 2.85. The van der Waals surface area contributed by atoms with E-state index in [9.17, 15) is 4.79 Å². The molecule has 0 heterocycles. The van der Waals surface area contributed by atoms with Crippen LogP contribution in [0.25, 0.3) is 0 Å². The first-order valence-electron chi connectivity index (χ1n) is 1.05. The Morgan fingerprint density at radius 1 is 2.00 bits per heavy atom. The van der Waals surface area contributed by atoms with Crippen LogP contribution in [0.5, 0.6) is 0 Å². The third-order valence-corrected chi connectivity index (χ3v) is 0.343. The summed E-state index contributed by atoms with van der Waals surface area (Å²) in [5, 5.41) is 7.59. The van der Waals surface area contributed by atoms with Crippen molar-refractivity contribution in [3.63, 3.8) is 0 Å². The topological polar surface area (TPSA) is 37.3 Å². The largest absolute Gasteiger partial charge is 0.480 e. The van der Waals surface area contributed by atoms with E-state index >= 15 is 0 Å². The van der Waals surface area contributed by atoms with Gasteiger partial charge in [-0.15, -0.1) is 11.6 Å². The minimum atomic E-state index is -0.980. The van der Waals surface area contributed by atoms with Crippen LogP contribution in [0.15, 0.2) is 0 Å². The minimum absolute atomic E-state index is 0.306. The Morgan fingerprint density at radius 2 is 2.20 bits per heavy atom. The molecule has 5 heavy (non-hydrogen) atoms. The van der Waals surface area contributed by atoms with Crippen LogP contribution in [-0.4, -0.2) is 17.0 Å². The van der Waals surface area contributed by atoms with Crippen LogP contribution in [0.2, 0.25) is 0 Å². The molecule has 0 aliphatic heterocycles. The predicted molar refractivity (Wildman–Crippen MR) is 18.4 cm³/mol. The molecule has 0 saturated heterocycles. The Bertz CT molecular complexity index is 42.9. The highest BCUT2D eigenvalue weighted by molar-refractivity contribution is 6.26. The van der Waals surface area contributed by atoms with Gasteiger partial charge in [0.1, 0.15) is 5.88 Å². The van der Waals surface area contributed by atoms with Crippen LogP contribution in [0.1, 0.15) is 0 Å². The van der Waals surface area contributed by atoms with Crippen LogP contribution in [0.3, 0.4) is 0 Å². The number of hydrogen-bond acceptors (Lipinski definition) is 1. The Hall–Kier alpha value is -0.240. The average molecular weight is 95.5 g/mol. The summed E-state index contributed by atoms with van der Waals surface area (Å²) in [6.07, 6.45) is 0. The van der Waals surface area contributed by atoms with E-state index in [1.165, 1.54) is 0 Å². The van der Waals surface area contributed by atoms with Gasteiger partial charge < -0.3 is 5.11 Å². The number of carbonyl (C=O) groups is 1. The Labute approximate surface area is 34.4 Å². The highest BCUT2D eigenvalue weighted by atomic mass is 35.5. The molecule has 0 saturated carbocycles. The Kier molecular flexibility index (Phi) is 1.93. The fourth-order valence-electron chi connectivity index (χ4n) is 0. The smallest absolute Gasteiger partial charge is 0.318 e. The van der Waals surface area contributed by atoms with Crippen molar-refractivity contribution >= 4 is 17.6 Å². The van der Waals surface area contributed by atoms with Crippen LogP contribution in [-0.2, 0) is 4.79 Å². The number of rotatable bonds is 1. The maximum Gasteiger partial charge on any atom is 0.318 e. The molecule has 0 unspecified atom stereocenters. The van der Waals surface area contributed by atoms with Gasteiger partial charge in [0.2, 0.25) is 0 Å². The van der Waals surface area contributed by atoms with Crippen LogP contribution in [0.4, 0.5) is 0 Å². The molecule has 0 atom stereocenters. The summed E-state index contributed by atoms with van der Waals surface area (Å²) in [5.74, 6) is -1.29. The van der Waals surface area contributed by atoms with E-state index < -0.39 is 5.97 Å². The second-order valence-electron chi connectivity index (χ2n) is 0.527. The van der Waals surface area contributed by atoms with Gasteiger partial charge in [0.25, 0.3) is 0 Å². The monoisotopic (exact) mass is 95.0 g/mol. The van der Waals surface area contributed by atoms with Crippen molar-refractivity contribution in [1.82, 2.24) is 0 Å². The zero-order chi connectivity index (χ0) is 4.28. The van der Waals surface area contributed by atoms with Gasteiger partial charge in [0.05, 0.1) is 0 Å². The number of hydrogen-bond donors (Lipinski definition) is 1. The van der Waals surface area contributed by atoms with Crippen molar-refractivity contribution in [2.45, 2.75) is 0 Å². The third kappa shape index (κ3) is 3.76. The molecule has 0 amide bonds. The zero-order valence-corrected chi connectivity index (χ0v) is 3.20. The molecule has 3 heteroatoms. The second-order valence-corrected chi connectivity index (χ2v) is 0.795. The van der Waals surface area contributed by atoms with Gasteiger partial charge in [-0.3, -0.25) is 4.79 Å². The number of halogens is 1. The summed E-state index contributed by atoms with van der Waals surface area (Å²) in [4.78, 5) is 9.24. The van der Waals surface area contributed by atoms with E-state index in [4.69, 9.17) is 16.7 Å². The molecule has 0 spiro atoms. The lowest BCUT2D eigenvalue weighted by molar-refractivity contribution is -0.134. The number of carboxylic acid groups (broad SMARTS) is 1. The highest BCUT2D eigenvalue weighted by Crippen LogP contribution is 1.67. The van der Waals surface area contributed by atoms with E-state index in [-0.39, 0.29) is 5.88 Å². The lowest BCUT2D eigenvalue weighted by Crippen LogP contribution is -1.92. The fourth-order valence-corrected chi connectivity index (χ4v) is 0. The van der Waals surface area contributed by atoms with Crippen molar-refractivity contribution in [1.29, 1.82) is 0 Å². The van der Waals surface area contributed by atoms with E-state index in [1.807, 2.05) is 0 Å². The molecule has 0 rings (SSSR count). The quantitative estimate of drug-likeness (QED) is 0.376. The number of carboxylic acids is 1. The molecule has 30 valence electrons. The third-order valence-electron chi connectivity index (χ3n) is 0.114. The molecule has 0 aromatic heterocycles. The maximum absolute atomic E-state index is 9.24. The molecule has 0 fully saturated rings. The summed E-state index contributed by atoms with van der Waals surface area (Å²) in [5.41, 5.74) is 0. The molecular weight excluding hydrogens is 92.5 g/mol. The lowest BCUT2D eigenvalue weighted by atomic mass is 11.3. The van der Waals surface area contributed by atoms with E-state index in [1.54, 1.807) is 0 Å². The molecular formula is C2H3ClO2. The highest BCUT2D eigenvalue weighted by Gasteiger charge is 1.83. The van der Waals surface area contributed by atoms with Crippen LogP contribution >= 0.6 is 11.6 Å². The first-order chi connectivity index (χ1) is 2.27. The molecule has 1 N–H and O–H groups in total. The molecule has 0 radical (unpaired) electrons. The van der Waals surface area contributed by atoms with Gasteiger partial charge >= 0.3 is 5.97 Å². The van der Waals surface area contributed by atoms with Crippen molar-refractivity contribution in [3.8, 4) is 0 Å². The zero-order valence-electron chi connectivity index (χ0n) is 2.44. The standard InChI is InChI=1S/C2H3ClO2/c3-1-2(4)5/h1H2,(H,4,5)/i2+1. The summed E-state index contributed by atoms with van der Waals surface area (Å²) in [6.45, 7) is 0. The summed E-state index contributed by atoms with van der Waals surface area (Å²) >= 11 is 4.74. The second kappa shape index (κ2) is 2.03. The minimum Gasteiger partial charge on any atom is -0.480 e. The maximum atomic E-state index is 9.24. The lowest BCUT2D eigenvalue weighted by Gasteiger charge is -1.69. The van der Waals surface area contributed by atoms with Crippen molar-refractivity contribution < 1.29 is 9.90 Å². The number of alkyl halides is 1. The van der Waals surface area contributed by atoms with Gasteiger partial charge in [0, 0.05) is 0 Å². The SMILES string of the molecule is O=[13C](O)CCl. The first kappa shape index (κ1) is 4.76. The van der Waals surface area contributed by atoms with Crippen molar-refractivity contribution in [2.75, 3.05) is 5.88 Å². The van der Waals surface area contributed by atoms with E-state index in [2.05, 4.69) is 0 Å². The average Bonchev–Trinajstić information content (AvgIpc) is 1.38. The van der Waals surface area contributed by atoms with Gasteiger partial charge in [-0.05, 0) is 0 Å². The van der Waals surface area contributed by atoms with Gasteiger partial charge in [0.15, 0.2) is 0 Å². The van der Waals surface area contributed by atoms with E-state index in [0.29, 0.717) is 0 Å². The van der Waals surface area contributed by atoms with Crippen molar-refractivity contribution in [2.24, 2.45) is 0 Å². The summed E-state index contributed by atoms with van der Waals surface area (Å²) in [6, 6.07) is 0.